The lowest BCUT2D eigenvalue weighted by atomic mass is 10.0. The second-order valence-electron chi connectivity index (χ2n) is 6.95. The normalized spacial score (nSPS) is 14.3. The van der Waals surface area contributed by atoms with Crippen molar-refractivity contribution in [2.45, 2.75) is 12.8 Å². The van der Waals surface area contributed by atoms with Crippen LogP contribution in [-0.4, -0.2) is 13.0 Å². The van der Waals surface area contributed by atoms with Gasteiger partial charge in [0.25, 0.3) is 5.91 Å². The molecule has 0 saturated heterocycles. The van der Waals surface area contributed by atoms with Gasteiger partial charge in [0.15, 0.2) is 11.5 Å². The average Bonchev–Trinajstić information content (AvgIpc) is 3.07. The third-order valence-corrected chi connectivity index (χ3v) is 4.86. The lowest BCUT2D eigenvalue weighted by Gasteiger charge is -2.13. The van der Waals surface area contributed by atoms with Crippen LogP contribution in [0, 0.1) is 0 Å². The molecule has 0 atom stereocenters. The zero-order valence-corrected chi connectivity index (χ0v) is 16.5. The number of rotatable bonds is 5. The molecule has 0 bridgehead atoms. The van der Waals surface area contributed by atoms with Gasteiger partial charge in [-0.1, -0.05) is 36.4 Å². The number of amides is 1. The number of hydrogen-bond acceptors (Lipinski definition) is 3. The van der Waals surface area contributed by atoms with Crippen LogP contribution in [0.1, 0.15) is 22.3 Å². The van der Waals surface area contributed by atoms with Gasteiger partial charge in [-0.2, -0.15) is 13.2 Å². The number of para-hydroxylation sites is 1. The molecule has 4 rings (SSSR count). The summed E-state index contributed by atoms with van der Waals surface area (Å²) in [5.74, 6) is 0.608. The van der Waals surface area contributed by atoms with Crippen molar-refractivity contribution in [1.29, 1.82) is 0 Å². The summed E-state index contributed by atoms with van der Waals surface area (Å²) in [4.78, 5) is 12.3. The molecule has 0 spiro atoms. The average molecular weight is 425 g/mol. The minimum Gasteiger partial charge on any atom is -0.493 e. The Morgan fingerprint density at radius 1 is 0.968 bits per heavy atom. The molecule has 4 nitrogen and oxygen atoms in total. The van der Waals surface area contributed by atoms with Gasteiger partial charge in [-0.3, -0.25) is 4.79 Å². The molecule has 0 fully saturated rings. The maximum absolute atomic E-state index is 12.9. The van der Waals surface area contributed by atoms with Crippen LogP contribution in [0.3, 0.4) is 0 Å². The lowest BCUT2D eigenvalue weighted by Crippen LogP contribution is -2.06. The van der Waals surface area contributed by atoms with E-state index in [-0.39, 0.29) is 12.5 Å². The van der Waals surface area contributed by atoms with E-state index in [4.69, 9.17) is 9.47 Å². The number of hydrogen-bond donors (Lipinski definition) is 1. The van der Waals surface area contributed by atoms with Gasteiger partial charge in [0, 0.05) is 16.8 Å². The number of nitrogens with one attached hydrogen (secondary N) is 1. The highest BCUT2D eigenvalue weighted by molar-refractivity contribution is 6.34. The second kappa shape index (κ2) is 8.18. The first-order chi connectivity index (χ1) is 14.8. The van der Waals surface area contributed by atoms with E-state index in [1.807, 2.05) is 24.3 Å². The molecule has 1 N–H and O–H groups in total. The number of halogens is 3. The van der Waals surface area contributed by atoms with Crippen LogP contribution in [-0.2, 0) is 17.6 Å². The summed E-state index contributed by atoms with van der Waals surface area (Å²) < 4.78 is 49.7. The summed E-state index contributed by atoms with van der Waals surface area (Å²) >= 11 is 0. The zero-order valence-electron chi connectivity index (χ0n) is 16.5. The van der Waals surface area contributed by atoms with Crippen molar-refractivity contribution in [2.24, 2.45) is 0 Å². The number of benzene rings is 3. The Morgan fingerprint density at radius 3 is 2.55 bits per heavy atom. The third-order valence-electron chi connectivity index (χ3n) is 4.86. The van der Waals surface area contributed by atoms with Crippen molar-refractivity contribution >= 4 is 23.2 Å². The molecule has 0 aliphatic carbocycles. The van der Waals surface area contributed by atoms with Crippen LogP contribution in [0.4, 0.5) is 18.9 Å². The lowest BCUT2D eigenvalue weighted by molar-refractivity contribution is -0.137. The van der Waals surface area contributed by atoms with E-state index >= 15 is 0 Å². The number of methoxy groups -OCH3 is 1. The molecule has 3 aromatic carbocycles. The number of ether oxygens (including phenoxy) is 2. The third kappa shape index (κ3) is 4.40. The maximum Gasteiger partial charge on any atom is 0.416 e. The molecular formula is C24H18F3NO3. The zero-order chi connectivity index (χ0) is 22.0. The molecule has 0 unspecified atom stereocenters. The van der Waals surface area contributed by atoms with Gasteiger partial charge in [0.05, 0.1) is 12.7 Å². The van der Waals surface area contributed by atoms with Crippen molar-refractivity contribution < 1.29 is 27.4 Å². The van der Waals surface area contributed by atoms with E-state index in [9.17, 15) is 18.0 Å². The molecule has 0 aromatic heterocycles. The first kappa shape index (κ1) is 20.5. The van der Waals surface area contributed by atoms with E-state index in [1.54, 1.807) is 30.3 Å². The summed E-state index contributed by atoms with van der Waals surface area (Å²) in [5, 5.41) is 2.82. The number of carbonyl (C=O) groups is 1. The molecular weight excluding hydrogens is 407 g/mol. The predicted molar refractivity (Wildman–Crippen MR) is 112 cm³/mol. The van der Waals surface area contributed by atoms with Crippen LogP contribution in [0.5, 0.6) is 11.5 Å². The highest BCUT2D eigenvalue weighted by Crippen LogP contribution is 2.35. The fraction of sp³-hybridized carbons (Fsp3) is 0.125. The van der Waals surface area contributed by atoms with E-state index in [0.29, 0.717) is 22.6 Å². The van der Waals surface area contributed by atoms with Crippen LogP contribution >= 0.6 is 0 Å². The second-order valence-corrected chi connectivity index (χ2v) is 6.95. The van der Waals surface area contributed by atoms with Gasteiger partial charge in [0.2, 0.25) is 0 Å². The van der Waals surface area contributed by atoms with Gasteiger partial charge in [-0.05, 0) is 47.5 Å². The summed E-state index contributed by atoms with van der Waals surface area (Å²) in [7, 11) is 1.47. The fourth-order valence-corrected chi connectivity index (χ4v) is 3.34. The minimum absolute atomic E-state index is 0.0451. The van der Waals surface area contributed by atoms with Crippen LogP contribution in [0.25, 0.3) is 11.6 Å². The van der Waals surface area contributed by atoms with Gasteiger partial charge in [0.1, 0.15) is 6.61 Å². The van der Waals surface area contributed by atoms with Crippen molar-refractivity contribution in [3.8, 4) is 11.5 Å². The van der Waals surface area contributed by atoms with Gasteiger partial charge >= 0.3 is 6.18 Å². The van der Waals surface area contributed by atoms with E-state index in [0.717, 1.165) is 28.9 Å². The van der Waals surface area contributed by atoms with Crippen LogP contribution in [0.15, 0.2) is 66.7 Å². The van der Waals surface area contributed by atoms with Crippen LogP contribution in [0.2, 0.25) is 0 Å². The van der Waals surface area contributed by atoms with Gasteiger partial charge in [-0.25, -0.2) is 0 Å². The van der Waals surface area contributed by atoms with Crippen LogP contribution < -0.4 is 14.8 Å². The summed E-state index contributed by atoms with van der Waals surface area (Å²) in [5.41, 5.74) is 2.50. The topological polar surface area (TPSA) is 47.6 Å². The van der Waals surface area contributed by atoms with E-state index < -0.39 is 11.7 Å². The molecule has 7 heteroatoms. The van der Waals surface area contributed by atoms with Crippen molar-refractivity contribution in [2.75, 3.05) is 12.4 Å². The molecule has 1 heterocycles. The predicted octanol–water partition coefficient (Wildman–Crippen LogP) is 5.79. The molecule has 0 saturated carbocycles. The standard InChI is InChI=1S/C24H18F3NO3/c1-30-22-13-15(12-19-18-7-2-3-8-20(18)28-23(19)29)9-10-21(22)31-14-16-5-4-6-17(11-16)24(25,26)27/h2-13H,14H2,1H3,(H,28,29). The SMILES string of the molecule is COc1cc(C=C2C(=O)Nc3ccccc32)ccc1OCc1cccc(C(F)(F)F)c1. The quantitative estimate of drug-likeness (QED) is 0.527. The highest BCUT2D eigenvalue weighted by Gasteiger charge is 2.30. The molecule has 158 valence electrons. The Labute approximate surface area is 176 Å². The molecule has 0 radical (unpaired) electrons. The van der Waals surface area contributed by atoms with Gasteiger partial charge < -0.3 is 14.8 Å². The van der Waals surface area contributed by atoms with E-state index in [2.05, 4.69) is 5.32 Å². The monoisotopic (exact) mass is 425 g/mol. The Hall–Kier alpha value is -3.74. The van der Waals surface area contributed by atoms with Crippen molar-refractivity contribution in [3.05, 3.63) is 89.0 Å². The molecule has 3 aromatic rings. The Morgan fingerprint density at radius 2 is 1.77 bits per heavy atom. The smallest absolute Gasteiger partial charge is 0.416 e. The number of anilines is 1. The largest absolute Gasteiger partial charge is 0.493 e. The highest BCUT2D eigenvalue weighted by atomic mass is 19.4. The first-order valence-corrected chi connectivity index (χ1v) is 9.44. The summed E-state index contributed by atoms with van der Waals surface area (Å²) in [6, 6.07) is 17.5. The maximum atomic E-state index is 12.9. The number of carbonyl (C=O) groups excluding carboxylic acids is 1. The molecule has 1 amide bonds. The minimum atomic E-state index is -4.41. The summed E-state index contributed by atoms with van der Waals surface area (Å²) in [6.07, 6.45) is -2.66. The Bertz CT molecular complexity index is 1170. The molecule has 1 aliphatic rings. The first-order valence-electron chi connectivity index (χ1n) is 9.44. The van der Waals surface area contributed by atoms with E-state index in [1.165, 1.54) is 13.2 Å². The van der Waals surface area contributed by atoms with Crippen molar-refractivity contribution in [3.63, 3.8) is 0 Å². The van der Waals surface area contributed by atoms with Gasteiger partial charge in [-0.15, -0.1) is 0 Å². The molecule has 31 heavy (non-hydrogen) atoms. The molecule has 1 aliphatic heterocycles. The Balaban J connectivity index is 1.55. The Kier molecular flexibility index (Phi) is 5.42. The fourth-order valence-electron chi connectivity index (χ4n) is 3.34. The summed E-state index contributed by atoms with van der Waals surface area (Å²) in [6.45, 7) is -0.0451. The van der Waals surface area contributed by atoms with Crippen molar-refractivity contribution in [1.82, 2.24) is 0 Å². The number of alkyl halides is 3. The number of fused-ring (bicyclic) bond motifs is 1.